The summed E-state index contributed by atoms with van der Waals surface area (Å²) < 4.78 is 5.61. The normalized spacial score (nSPS) is 14.9. The standard InChI is InChI=1S/C34H40N8O7/c1-33(2,3)49-32(46)40(27(28(35)43)18-11-19-37-30(36)39-42(47)48)21-23-12-10-13-24(20-23)22-41-29(44)34(38-31(41)45,25-14-6-4-7-15-25)26-16-8-5-9-17-26/h4-10,12-17,20,27H,11,18-19,21-22H2,1-3H3,(H2,35,43)(H,38,45)(H3,36,37,39)/t27-/m1/s1. The van der Waals surface area contributed by atoms with Gasteiger partial charge < -0.3 is 21.5 Å². The minimum atomic E-state index is -1.42. The zero-order valence-electron chi connectivity index (χ0n) is 27.5. The maximum absolute atomic E-state index is 14.2. The van der Waals surface area contributed by atoms with Crippen molar-refractivity contribution in [3.63, 3.8) is 0 Å². The smallest absolute Gasteiger partial charge is 0.411 e. The number of guanidine groups is 1. The van der Waals surface area contributed by atoms with Crippen LogP contribution in [0.3, 0.4) is 0 Å². The number of ether oxygens (including phenoxy) is 1. The fourth-order valence-corrected chi connectivity index (χ4v) is 5.55. The van der Waals surface area contributed by atoms with Crippen molar-refractivity contribution in [1.29, 1.82) is 0 Å². The zero-order valence-corrected chi connectivity index (χ0v) is 27.5. The number of hydrogen-bond acceptors (Lipinski definition) is 8. The first-order valence-corrected chi connectivity index (χ1v) is 15.5. The quantitative estimate of drug-likeness (QED) is 0.0523. The number of imide groups is 1. The fourth-order valence-electron chi connectivity index (χ4n) is 5.55. The van der Waals surface area contributed by atoms with Gasteiger partial charge in [0.15, 0.2) is 10.6 Å². The highest BCUT2D eigenvalue weighted by atomic mass is 16.7. The van der Waals surface area contributed by atoms with Crippen molar-refractivity contribution in [2.45, 2.75) is 63.9 Å². The SMILES string of the molecule is CC(C)(C)OC(=O)N(Cc1cccc(CN2C(=O)NC(c3ccccc3)(c3ccccc3)C2=O)c1)[C@H](CCCN=C(N)N[N+](=O)[O-])C(N)=O. The molecule has 1 aliphatic heterocycles. The lowest BCUT2D eigenvalue weighted by atomic mass is 9.82. The number of amides is 5. The molecule has 3 aromatic rings. The van der Waals surface area contributed by atoms with Gasteiger partial charge in [-0.3, -0.25) is 19.4 Å². The second-order valence-corrected chi connectivity index (χ2v) is 12.4. The summed E-state index contributed by atoms with van der Waals surface area (Å²) >= 11 is 0. The molecular weight excluding hydrogens is 632 g/mol. The molecule has 1 aliphatic rings. The Kier molecular flexibility index (Phi) is 11.2. The predicted molar refractivity (Wildman–Crippen MR) is 180 cm³/mol. The van der Waals surface area contributed by atoms with Crippen molar-refractivity contribution in [2.75, 3.05) is 6.54 Å². The number of aliphatic imine (C=N–C) groups is 1. The van der Waals surface area contributed by atoms with Crippen molar-refractivity contribution in [2.24, 2.45) is 16.5 Å². The molecule has 1 heterocycles. The third kappa shape index (κ3) is 8.88. The van der Waals surface area contributed by atoms with Crippen molar-refractivity contribution < 1.29 is 28.9 Å². The fraction of sp³-hybridized carbons (Fsp3) is 0.324. The molecule has 49 heavy (non-hydrogen) atoms. The van der Waals surface area contributed by atoms with E-state index in [1.54, 1.807) is 99.0 Å². The van der Waals surface area contributed by atoms with E-state index >= 15 is 0 Å². The van der Waals surface area contributed by atoms with Crippen LogP contribution in [0, 0.1) is 10.1 Å². The monoisotopic (exact) mass is 672 g/mol. The highest BCUT2D eigenvalue weighted by Crippen LogP contribution is 2.36. The number of urea groups is 1. The van der Waals surface area contributed by atoms with E-state index in [4.69, 9.17) is 16.2 Å². The number of carbonyl (C=O) groups is 4. The molecule has 0 radical (unpaired) electrons. The third-order valence-electron chi connectivity index (χ3n) is 7.66. The summed E-state index contributed by atoms with van der Waals surface area (Å²) in [4.78, 5) is 70.5. The van der Waals surface area contributed by atoms with Crippen molar-refractivity contribution in [3.05, 3.63) is 117 Å². The van der Waals surface area contributed by atoms with E-state index in [-0.39, 0.29) is 32.5 Å². The maximum Gasteiger partial charge on any atom is 0.411 e. The van der Waals surface area contributed by atoms with Gasteiger partial charge in [0.2, 0.25) is 5.91 Å². The molecule has 1 saturated heterocycles. The number of rotatable bonds is 13. The molecule has 1 fully saturated rings. The molecule has 0 saturated carbocycles. The number of hydrazine groups is 1. The largest absolute Gasteiger partial charge is 0.444 e. The zero-order chi connectivity index (χ0) is 35.8. The van der Waals surface area contributed by atoms with Crippen LogP contribution in [0.5, 0.6) is 0 Å². The molecule has 5 amide bonds. The second kappa shape index (κ2) is 15.3. The predicted octanol–water partition coefficient (Wildman–Crippen LogP) is 3.15. The van der Waals surface area contributed by atoms with Crippen molar-refractivity contribution in [3.8, 4) is 0 Å². The number of benzene rings is 3. The summed E-state index contributed by atoms with van der Waals surface area (Å²) in [6.45, 7) is 4.92. The van der Waals surface area contributed by atoms with Crippen LogP contribution in [0.25, 0.3) is 0 Å². The first kappa shape index (κ1) is 35.9. The number of primary amides is 1. The second-order valence-electron chi connectivity index (χ2n) is 12.4. The average molecular weight is 673 g/mol. The third-order valence-corrected chi connectivity index (χ3v) is 7.66. The van der Waals surface area contributed by atoms with E-state index in [1.165, 1.54) is 4.90 Å². The number of nitrogens with zero attached hydrogens (tertiary/aromatic N) is 4. The lowest BCUT2D eigenvalue weighted by molar-refractivity contribution is -0.525. The highest BCUT2D eigenvalue weighted by Gasteiger charge is 2.53. The van der Waals surface area contributed by atoms with Gasteiger partial charge in [0.05, 0.1) is 6.54 Å². The molecule has 258 valence electrons. The molecule has 0 bridgehead atoms. The molecule has 15 nitrogen and oxygen atoms in total. The maximum atomic E-state index is 14.2. The molecule has 6 N–H and O–H groups in total. The molecular formula is C34H40N8O7. The van der Waals surface area contributed by atoms with E-state index in [0.717, 1.165) is 4.90 Å². The molecule has 1 atom stereocenters. The van der Waals surface area contributed by atoms with Crippen LogP contribution < -0.4 is 22.2 Å². The van der Waals surface area contributed by atoms with Crippen molar-refractivity contribution >= 4 is 29.9 Å². The van der Waals surface area contributed by atoms with Gasteiger partial charge in [-0.2, -0.15) is 0 Å². The van der Waals surface area contributed by atoms with Crippen LogP contribution in [0.1, 0.15) is 55.9 Å². The summed E-state index contributed by atoms with van der Waals surface area (Å²) in [5.41, 5.74) is 13.0. The van der Waals surface area contributed by atoms with E-state index in [9.17, 15) is 29.3 Å². The molecule has 0 spiro atoms. The van der Waals surface area contributed by atoms with Gasteiger partial charge in [-0.05, 0) is 55.9 Å². The van der Waals surface area contributed by atoms with E-state index in [1.807, 2.05) is 12.1 Å². The van der Waals surface area contributed by atoms with E-state index in [0.29, 0.717) is 22.3 Å². The Morgan fingerprint density at radius 1 is 1.00 bits per heavy atom. The van der Waals surface area contributed by atoms with Gasteiger partial charge in [0, 0.05) is 13.1 Å². The van der Waals surface area contributed by atoms with Gasteiger partial charge in [-0.1, -0.05) is 90.4 Å². The van der Waals surface area contributed by atoms with Crippen LogP contribution in [0.4, 0.5) is 9.59 Å². The molecule has 4 rings (SSSR count). The molecule has 0 aromatic heterocycles. The Labute approximate surface area is 283 Å². The topological polar surface area (TPSA) is 216 Å². The Morgan fingerprint density at radius 2 is 1.59 bits per heavy atom. The van der Waals surface area contributed by atoms with E-state index < -0.39 is 52.1 Å². The Hall–Kier alpha value is -5.99. The summed E-state index contributed by atoms with van der Waals surface area (Å²) in [7, 11) is 0. The van der Waals surface area contributed by atoms with Crippen LogP contribution in [0.2, 0.25) is 0 Å². The number of hydrogen-bond donors (Lipinski definition) is 4. The van der Waals surface area contributed by atoms with Crippen LogP contribution in [-0.2, 0) is 33.0 Å². The molecule has 15 heteroatoms. The van der Waals surface area contributed by atoms with Crippen LogP contribution in [0.15, 0.2) is 89.9 Å². The van der Waals surface area contributed by atoms with Crippen LogP contribution >= 0.6 is 0 Å². The minimum absolute atomic E-state index is 0.0213. The first-order chi connectivity index (χ1) is 23.2. The summed E-state index contributed by atoms with van der Waals surface area (Å²) in [6, 6.07) is 23.3. The van der Waals surface area contributed by atoms with Gasteiger partial charge in [0.25, 0.3) is 11.9 Å². The molecule has 3 aromatic carbocycles. The lowest BCUT2D eigenvalue weighted by Crippen LogP contribution is -2.49. The number of carbonyl (C=O) groups excluding carboxylic acids is 4. The van der Waals surface area contributed by atoms with Crippen molar-refractivity contribution in [1.82, 2.24) is 20.5 Å². The average Bonchev–Trinajstić information content (AvgIpc) is 3.29. The lowest BCUT2D eigenvalue weighted by Gasteiger charge is -2.32. The number of nitrogens with two attached hydrogens (primary N) is 2. The van der Waals surface area contributed by atoms with Gasteiger partial charge in [-0.25, -0.2) is 24.7 Å². The van der Waals surface area contributed by atoms with E-state index in [2.05, 4.69) is 10.3 Å². The molecule has 0 aliphatic carbocycles. The summed E-state index contributed by atoms with van der Waals surface area (Å²) in [6.07, 6.45) is -0.513. The highest BCUT2D eigenvalue weighted by molar-refractivity contribution is 6.09. The minimum Gasteiger partial charge on any atom is -0.444 e. The Balaban J connectivity index is 1.58. The van der Waals surface area contributed by atoms with Crippen LogP contribution in [-0.4, -0.2) is 62.9 Å². The van der Waals surface area contributed by atoms with Gasteiger partial charge in [0.1, 0.15) is 11.6 Å². The first-order valence-electron chi connectivity index (χ1n) is 15.5. The Bertz CT molecular complexity index is 1670. The molecule has 0 unspecified atom stereocenters. The summed E-state index contributed by atoms with van der Waals surface area (Å²) in [5.74, 6) is -1.64. The van der Waals surface area contributed by atoms with Gasteiger partial charge in [-0.15, -0.1) is 0 Å². The Morgan fingerprint density at radius 3 is 2.14 bits per heavy atom. The number of nitrogens with one attached hydrogen (secondary N) is 2. The summed E-state index contributed by atoms with van der Waals surface area (Å²) in [5, 5.41) is 12.7. The number of nitro groups is 1. The van der Waals surface area contributed by atoms with Gasteiger partial charge >= 0.3 is 12.1 Å².